The number of hydrogen-bond donors (Lipinski definition) is 2. The zero-order valence-electron chi connectivity index (χ0n) is 16.6. The Labute approximate surface area is 179 Å². The van der Waals surface area contributed by atoms with Crippen LogP contribution in [0.15, 0.2) is 24.3 Å². The van der Waals surface area contributed by atoms with Crippen molar-refractivity contribution in [3.63, 3.8) is 0 Å². The third-order valence-corrected chi connectivity index (χ3v) is 7.16. The summed E-state index contributed by atoms with van der Waals surface area (Å²) in [5, 5.41) is 0. The van der Waals surface area contributed by atoms with Gasteiger partial charge >= 0.3 is 0 Å². The number of benzene rings is 1. The number of likely N-dealkylation sites (N-methyl/N-ethyl adjacent to an activating group) is 2. The van der Waals surface area contributed by atoms with Gasteiger partial charge in [-0.25, -0.2) is 0 Å². The summed E-state index contributed by atoms with van der Waals surface area (Å²) < 4.78 is 10.8. The molecule has 1 fully saturated rings. The summed E-state index contributed by atoms with van der Waals surface area (Å²) in [4.78, 5) is 30.5. The molecule has 0 saturated carbocycles. The first kappa shape index (κ1) is 23.2. The van der Waals surface area contributed by atoms with Crippen molar-refractivity contribution >= 4 is 57.1 Å². The van der Waals surface area contributed by atoms with Gasteiger partial charge in [0, 0.05) is 31.0 Å². The van der Waals surface area contributed by atoms with E-state index in [4.69, 9.17) is 11.2 Å². The Bertz CT molecular complexity index is 729. The molecule has 0 aliphatic carbocycles. The first-order valence-electron chi connectivity index (χ1n) is 9.10. The van der Waals surface area contributed by atoms with E-state index in [0.717, 1.165) is 17.8 Å². The van der Waals surface area contributed by atoms with Crippen LogP contribution in [-0.2, 0) is 30.7 Å². The summed E-state index contributed by atoms with van der Waals surface area (Å²) in [5.74, 6) is -0.127. The van der Waals surface area contributed by atoms with E-state index in [2.05, 4.69) is 12.8 Å². The summed E-state index contributed by atoms with van der Waals surface area (Å²) in [5.41, 5.74) is 1.52. The number of carbonyl (C=O) groups excluding carboxylic acids is 2. The minimum atomic E-state index is -1.49. The fraction of sp³-hybridized carbons (Fsp3) is 0.556. The Morgan fingerprint density at radius 3 is 2.50 bits per heavy atom. The van der Waals surface area contributed by atoms with Gasteiger partial charge in [0.15, 0.2) is 0 Å². The number of hydrogen-bond acceptors (Lipinski definition) is 5. The van der Waals surface area contributed by atoms with Gasteiger partial charge in [-0.3, -0.25) is 14.5 Å². The van der Waals surface area contributed by atoms with Gasteiger partial charge < -0.3 is 14.4 Å². The van der Waals surface area contributed by atoms with Crippen LogP contribution in [0.3, 0.4) is 0 Å². The van der Waals surface area contributed by atoms with Gasteiger partial charge in [0.05, 0.1) is 16.5 Å². The molecule has 0 spiro atoms. The van der Waals surface area contributed by atoms with Crippen LogP contribution in [0.4, 0.5) is 11.4 Å². The molecule has 1 aromatic rings. The highest BCUT2D eigenvalue weighted by Gasteiger charge is 2.34. The standard InChI is InChI=1S/C18H28N4O3S3/c1-13(2)19(3)12-17(23)20(4)14-7-9-15(10-8-14)21-11-5-6-16(18(21)24)22(26)28(25)27/h7-10,13,16,26H,5-6,11-12H2,1-4H3,(H,25,27). The van der Waals surface area contributed by atoms with Gasteiger partial charge in [-0.2, -0.15) is 3.71 Å². The highest BCUT2D eigenvalue weighted by molar-refractivity contribution is 8.27. The van der Waals surface area contributed by atoms with Gasteiger partial charge in [-0.05, 0) is 69.2 Å². The van der Waals surface area contributed by atoms with Crippen molar-refractivity contribution in [2.75, 3.05) is 37.0 Å². The average molecular weight is 445 g/mol. The lowest BCUT2D eigenvalue weighted by Gasteiger charge is -2.35. The Morgan fingerprint density at radius 1 is 1.36 bits per heavy atom. The molecule has 2 amide bonds. The van der Waals surface area contributed by atoms with E-state index in [9.17, 15) is 14.1 Å². The van der Waals surface area contributed by atoms with Gasteiger partial charge in [-0.15, -0.1) is 0 Å². The average Bonchev–Trinajstić information content (AvgIpc) is 2.67. The van der Waals surface area contributed by atoms with E-state index in [1.807, 2.05) is 50.1 Å². The van der Waals surface area contributed by atoms with Gasteiger partial charge in [-0.1, -0.05) is 12.8 Å². The van der Waals surface area contributed by atoms with E-state index in [-0.39, 0.29) is 11.8 Å². The molecule has 7 nitrogen and oxygen atoms in total. The zero-order valence-corrected chi connectivity index (χ0v) is 19.1. The third kappa shape index (κ3) is 5.52. The maximum Gasteiger partial charge on any atom is 0.246 e. The second kappa shape index (κ2) is 10.1. The van der Waals surface area contributed by atoms with Crippen molar-refractivity contribution in [1.82, 2.24) is 8.61 Å². The molecule has 1 aromatic carbocycles. The molecule has 28 heavy (non-hydrogen) atoms. The second-order valence-electron chi connectivity index (χ2n) is 7.16. The first-order chi connectivity index (χ1) is 13.1. The van der Waals surface area contributed by atoms with Gasteiger partial charge in [0.25, 0.3) is 0 Å². The smallest absolute Gasteiger partial charge is 0.246 e. The molecular weight excluding hydrogens is 416 g/mol. The number of amides is 2. The summed E-state index contributed by atoms with van der Waals surface area (Å²) in [6.45, 7) is 5.02. The molecule has 2 unspecified atom stereocenters. The van der Waals surface area contributed by atoms with Crippen LogP contribution in [0.25, 0.3) is 0 Å². The van der Waals surface area contributed by atoms with Crippen LogP contribution in [-0.4, -0.2) is 64.2 Å². The van der Waals surface area contributed by atoms with E-state index in [1.54, 1.807) is 16.8 Å². The molecule has 2 rings (SSSR count). The maximum absolute atomic E-state index is 12.8. The molecule has 1 heterocycles. The lowest BCUT2D eigenvalue weighted by molar-refractivity contribution is -0.122. The monoisotopic (exact) mass is 444 g/mol. The molecule has 0 aromatic heterocycles. The predicted octanol–water partition coefficient (Wildman–Crippen LogP) is 2.10. The van der Waals surface area contributed by atoms with Crippen molar-refractivity contribution in [2.45, 2.75) is 38.8 Å². The number of nitrogens with zero attached hydrogens (tertiary/aromatic N) is 4. The Morgan fingerprint density at radius 2 is 1.96 bits per heavy atom. The maximum atomic E-state index is 12.8. The molecule has 0 radical (unpaired) electrons. The lowest BCUT2D eigenvalue weighted by Crippen LogP contribution is -2.50. The summed E-state index contributed by atoms with van der Waals surface area (Å²) in [6.07, 6.45) is 1.40. The van der Waals surface area contributed by atoms with Crippen molar-refractivity contribution in [1.29, 1.82) is 0 Å². The molecule has 2 atom stereocenters. The van der Waals surface area contributed by atoms with Crippen molar-refractivity contribution in [2.24, 2.45) is 0 Å². The molecule has 10 heteroatoms. The molecule has 1 aliphatic heterocycles. The Kier molecular flexibility index (Phi) is 8.41. The number of rotatable bonds is 7. The number of piperidine rings is 1. The van der Waals surface area contributed by atoms with Crippen molar-refractivity contribution in [3.8, 4) is 0 Å². The number of carbonyl (C=O) groups is 2. The molecular formula is C18H28N4O3S3. The Balaban J connectivity index is 2.10. The van der Waals surface area contributed by atoms with Crippen LogP contribution >= 0.6 is 12.8 Å². The Hall–Kier alpha value is -1.04. The quantitative estimate of drug-likeness (QED) is 0.628. The second-order valence-corrected chi connectivity index (χ2v) is 9.61. The van der Waals surface area contributed by atoms with E-state index < -0.39 is 16.0 Å². The summed E-state index contributed by atoms with van der Waals surface area (Å²) in [7, 11) is 2.18. The number of thiol groups is 1. The minimum absolute atomic E-state index is 0.00389. The fourth-order valence-corrected chi connectivity index (χ4v) is 3.87. The molecule has 1 N–H and O–H groups in total. The fourth-order valence-electron chi connectivity index (χ4n) is 2.93. The first-order valence-corrected chi connectivity index (χ1v) is 11.6. The summed E-state index contributed by atoms with van der Waals surface area (Å²) >= 11 is 9.01. The predicted molar refractivity (Wildman–Crippen MR) is 121 cm³/mol. The van der Waals surface area contributed by atoms with Gasteiger partial charge in [0.1, 0.15) is 6.04 Å². The van der Waals surface area contributed by atoms with Gasteiger partial charge in [0.2, 0.25) is 11.8 Å². The van der Waals surface area contributed by atoms with Crippen molar-refractivity contribution in [3.05, 3.63) is 24.3 Å². The normalized spacial score (nSPS) is 18.8. The lowest BCUT2D eigenvalue weighted by atomic mass is 10.0. The van der Waals surface area contributed by atoms with Crippen LogP contribution in [0.2, 0.25) is 0 Å². The summed E-state index contributed by atoms with van der Waals surface area (Å²) in [6, 6.07) is 7.09. The molecule has 1 aliphatic rings. The van der Waals surface area contributed by atoms with Crippen LogP contribution in [0.5, 0.6) is 0 Å². The van der Waals surface area contributed by atoms with E-state index in [1.165, 1.54) is 3.71 Å². The third-order valence-electron chi connectivity index (χ3n) is 5.03. The zero-order chi connectivity index (χ0) is 21.0. The highest BCUT2D eigenvalue weighted by atomic mass is 32.8. The van der Waals surface area contributed by atoms with E-state index in [0.29, 0.717) is 25.6 Å². The SMILES string of the molecule is CC(C)N(C)CC(=O)N(C)c1ccc(N2CCCC(N(S)S(O)=S)C2=O)cc1. The van der Waals surface area contributed by atoms with Crippen molar-refractivity contribution < 1.29 is 14.1 Å². The molecule has 1 saturated heterocycles. The van der Waals surface area contributed by atoms with Crippen LogP contribution in [0.1, 0.15) is 26.7 Å². The molecule has 0 bridgehead atoms. The van der Waals surface area contributed by atoms with E-state index >= 15 is 0 Å². The minimum Gasteiger partial charge on any atom is -0.315 e. The highest BCUT2D eigenvalue weighted by Crippen LogP contribution is 2.27. The topological polar surface area (TPSA) is 67.3 Å². The number of anilines is 2. The van der Waals surface area contributed by atoms with Crippen LogP contribution in [0, 0.1) is 0 Å². The van der Waals surface area contributed by atoms with Crippen LogP contribution < -0.4 is 9.80 Å². The molecule has 156 valence electrons. The largest absolute Gasteiger partial charge is 0.315 e.